The molecule has 3 nitrogen and oxygen atoms in total. The fraction of sp³-hybridized carbons (Fsp3) is 0.167. The minimum atomic E-state index is -0.0892. The van der Waals surface area contributed by atoms with Crippen molar-refractivity contribution in [2.24, 2.45) is 5.73 Å². The molecule has 0 aliphatic rings. The van der Waals surface area contributed by atoms with Gasteiger partial charge in [-0.05, 0) is 55.6 Å². The molecule has 0 radical (unpaired) electrons. The van der Waals surface area contributed by atoms with Gasteiger partial charge in [0, 0.05) is 45.7 Å². The number of aromatic nitrogens is 2. The Morgan fingerprint density at radius 2 is 1.94 bits per heavy atom. The maximum Gasteiger partial charge on any atom is 0.0423 e. The molecule has 0 aromatic carbocycles. The fourth-order valence-corrected chi connectivity index (χ4v) is 2.12. The first-order chi connectivity index (χ1) is 8.15. The molecule has 0 saturated carbocycles. The van der Waals surface area contributed by atoms with Crippen LogP contribution in [0, 0.1) is 0 Å². The smallest absolute Gasteiger partial charge is 0.0423 e. The van der Waals surface area contributed by atoms with Crippen molar-refractivity contribution in [2.45, 2.75) is 12.5 Å². The summed E-state index contributed by atoms with van der Waals surface area (Å²) in [5, 5.41) is 0. The van der Waals surface area contributed by atoms with E-state index in [9.17, 15) is 0 Å². The molecule has 0 bridgehead atoms. The van der Waals surface area contributed by atoms with Crippen molar-refractivity contribution < 1.29 is 0 Å². The maximum absolute atomic E-state index is 6.12. The highest BCUT2D eigenvalue weighted by Gasteiger charge is 2.08. The van der Waals surface area contributed by atoms with E-state index in [2.05, 4.69) is 41.8 Å². The zero-order chi connectivity index (χ0) is 12.3. The zero-order valence-corrected chi connectivity index (χ0v) is 12.1. The number of hydrogen-bond acceptors (Lipinski definition) is 3. The van der Waals surface area contributed by atoms with E-state index in [0.717, 1.165) is 20.2 Å². The fourth-order valence-electron chi connectivity index (χ4n) is 1.50. The van der Waals surface area contributed by atoms with Crippen molar-refractivity contribution in [3.8, 4) is 0 Å². The monoisotopic (exact) mass is 355 g/mol. The standard InChI is InChI=1S/C12H11Br2N3/c13-9-1-2-11(17-7-9)4-12(15)8-3-10(14)6-16-5-8/h1-3,5-7,12H,4,15H2. The quantitative estimate of drug-likeness (QED) is 0.918. The molecule has 0 aliphatic heterocycles. The third-order valence-electron chi connectivity index (χ3n) is 2.37. The Balaban J connectivity index is 2.11. The van der Waals surface area contributed by atoms with Gasteiger partial charge in [0.2, 0.25) is 0 Å². The Morgan fingerprint density at radius 1 is 1.12 bits per heavy atom. The highest BCUT2D eigenvalue weighted by molar-refractivity contribution is 9.10. The Labute approximate surface area is 117 Å². The van der Waals surface area contributed by atoms with E-state index < -0.39 is 0 Å². The summed E-state index contributed by atoms with van der Waals surface area (Å²) in [6.07, 6.45) is 6.01. The Bertz CT molecular complexity index is 499. The molecule has 1 unspecified atom stereocenters. The van der Waals surface area contributed by atoms with Crippen LogP contribution in [0.5, 0.6) is 0 Å². The average Bonchev–Trinajstić information content (AvgIpc) is 2.32. The van der Waals surface area contributed by atoms with Gasteiger partial charge < -0.3 is 5.73 Å². The van der Waals surface area contributed by atoms with Gasteiger partial charge in [-0.1, -0.05) is 0 Å². The SMILES string of the molecule is NC(Cc1ccc(Br)cn1)c1cncc(Br)c1. The first kappa shape index (κ1) is 12.7. The predicted molar refractivity (Wildman–Crippen MR) is 74.5 cm³/mol. The molecule has 0 amide bonds. The minimum Gasteiger partial charge on any atom is -0.324 e. The molecule has 0 fully saturated rings. The van der Waals surface area contributed by atoms with Gasteiger partial charge >= 0.3 is 0 Å². The summed E-state index contributed by atoms with van der Waals surface area (Å²) < 4.78 is 1.91. The summed E-state index contributed by atoms with van der Waals surface area (Å²) in [6.45, 7) is 0. The number of halogens is 2. The van der Waals surface area contributed by atoms with Crippen molar-refractivity contribution in [1.82, 2.24) is 9.97 Å². The maximum atomic E-state index is 6.12. The summed E-state index contributed by atoms with van der Waals surface area (Å²) in [7, 11) is 0. The van der Waals surface area contributed by atoms with E-state index in [0.29, 0.717) is 6.42 Å². The molecule has 2 aromatic heterocycles. The summed E-state index contributed by atoms with van der Waals surface area (Å²) in [5.74, 6) is 0. The van der Waals surface area contributed by atoms with Crippen LogP contribution in [0.4, 0.5) is 0 Å². The summed E-state index contributed by atoms with van der Waals surface area (Å²) >= 11 is 6.74. The van der Waals surface area contributed by atoms with Crippen LogP contribution in [0.15, 0.2) is 45.7 Å². The van der Waals surface area contributed by atoms with Crippen molar-refractivity contribution in [2.75, 3.05) is 0 Å². The van der Waals surface area contributed by atoms with Gasteiger partial charge in [0.15, 0.2) is 0 Å². The number of hydrogen-bond donors (Lipinski definition) is 1. The van der Waals surface area contributed by atoms with E-state index in [4.69, 9.17) is 5.73 Å². The van der Waals surface area contributed by atoms with Crippen LogP contribution in [-0.2, 0) is 6.42 Å². The van der Waals surface area contributed by atoms with Crippen molar-refractivity contribution >= 4 is 31.9 Å². The first-order valence-corrected chi connectivity index (χ1v) is 6.70. The van der Waals surface area contributed by atoms with Crippen molar-refractivity contribution in [1.29, 1.82) is 0 Å². The molecule has 2 rings (SSSR count). The van der Waals surface area contributed by atoms with Crippen LogP contribution >= 0.6 is 31.9 Å². The van der Waals surface area contributed by atoms with Crippen LogP contribution in [0.2, 0.25) is 0 Å². The van der Waals surface area contributed by atoms with Crippen molar-refractivity contribution in [3.05, 3.63) is 57.0 Å². The molecule has 2 aromatic rings. The van der Waals surface area contributed by atoms with Gasteiger partial charge in [-0.3, -0.25) is 9.97 Å². The number of nitrogens with two attached hydrogens (primary N) is 1. The van der Waals surface area contributed by atoms with E-state index in [1.807, 2.05) is 18.2 Å². The number of nitrogens with zero attached hydrogens (tertiary/aromatic N) is 2. The highest BCUT2D eigenvalue weighted by atomic mass is 79.9. The predicted octanol–water partition coefficient (Wildman–Crippen LogP) is 3.24. The Morgan fingerprint density at radius 3 is 2.59 bits per heavy atom. The van der Waals surface area contributed by atoms with Gasteiger partial charge in [-0.25, -0.2) is 0 Å². The zero-order valence-electron chi connectivity index (χ0n) is 8.98. The molecule has 0 saturated heterocycles. The van der Waals surface area contributed by atoms with Gasteiger partial charge in [-0.2, -0.15) is 0 Å². The molecule has 17 heavy (non-hydrogen) atoms. The molecular formula is C12H11Br2N3. The molecule has 1 atom stereocenters. The molecule has 88 valence electrons. The largest absolute Gasteiger partial charge is 0.324 e. The van der Waals surface area contributed by atoms with Gasteiger partial charge in [-0.15, -0.1) is 0 Å². The summed E-state index contributed by atoms with van der Waals surface area (Å²) in [5.41, 5.74) is 8.10. The lowest BCUT2D eigenvalue weighted by atomic mass is 10.0. The highest BCUT2D eigenvalue weighted by Crippen LogP contribution is 2.18. The minimum absolute atomic E-state index is 0.0892. The molecular weight excluding hydrogens is 346 g/mol. The summed E-state index contributed by atoms with van der Waals surface area (Å²) in [6, 6.07) is 5.83. The van der Waals surface area contributed by atoms with Gasteiger partial charge in [0.05, 0.1) is 0 Å². The van der Waals surface area contributed by atoms with Crippen LogP contribution in [0.25, 0.3) is 0 Å². The lowest BCUT2D eigenvalue weighted by Gasteiger charge is -2.11. The lowest BCUT2D eigenvalue weighted by molar-refractivity contribution is 0.702. The third kappa shape index (κ3) is 3.59. The second kappa shape index (κ2) is 5.71. The molecule has 5 heteroatoms. The third-order valence-corrected chi connectivity index (χ3v) is 3.27. The van der Waals surface area contributed by atoms with E-state index >= 15 is 0 Å². The normalized spacial score (nSPS) is 12.4. The second-order valence-corrected chi connectivity index (χ2v) is 5.55. The number of pyridine rings is 2. The summed E-state index contributed by atoms with van der Waals surface area (Å²) in [4.78, 5) is 8.41. The van der Waals surface area contributed by atoms with E-state index in [1.165, 1.54) is 0 Å². The Kier molecular flexibility index (Phi) is 4.25. The van der Waals surface area contributed by atoms with Crippen LogP contribution < -0.4 is 5.73 Å². The van der Waals surface area contributed by atoms with Crippen LogP contribution in [0.3, 0.4) is 0 Å². The topological polar surface area (TPSA) is 51.8 Å². The van der Waals surface area contributed by atoms with Crippen LogP contribution in [-0.4, -0.2) is 9.97 Å². The number of rotatable bonds is 3. The van der Waals surface area contributed by atoms with Gasteiger partial charge in [0.1, 0.15) is 0 Å². The first-order valence-electron chi connectivity index (χ1n) is 5.11. The molecule has 2 heterocycles. The molecule has 2 N–H and O–H groups in total. The second-order valence-electron chi connectivity index (χ2n) is 3.71. The van der Waals surface area contributed by atoms with E-state index in [1.54, 1.807) is 18.6 Å². The van der Waals surface area contributed by atoms with Crippen molar-refractivity contribution in [3.63, 3.8) is 0 Å². The average molecular weight is 357 g/mol. The molecule has 0 spiro atoms. The van der Waals surface area contributed by atoms with E-state index in [-0.39, 0.29) is 6.04 Å². The Hall–Kier alpha value is -0.780. The van der Waals surface area contributed by atoms with Gasteiger partial charge in [0.25, 0.3) is 0 Å². The lowest BCUT2D eigenvalue weighted by Crippen LogP contribution is -2.14. The van der Waals surface area contributed by atoms with Crippen LogP contribution in [0.1, 0.15) is 17.3 Å². The molecule has 0 aliphatic carbocycles.